The number of hydrogen-bond acceptors (Lipinski definition) is 4. The van der Waals surface area contributed by atoms with Crippen molar-refractivity contribution in [1.82, 2.24) is 4.98 Å². The van der Waals surface area contributed by atoms with Gasteiger partial charge in [-0.15, -0.1) is 0 Å². The lowest BCUT2D eigenvalue weighted by Gasteiger charge is -2.10. The lowest BCUT2D eigenvalue weighted by Crippen LogP contribution is -2.20. The third-order valence-corrected chi connectivity index (χ3v) is 2.67. The highest BCUT2D eigenvalue weighted by Crippen LogP contribution is 2.22. The summed E-state index contributed by atoms with van der Waals surface area (Å²) in [6, 6.07) is 10.4. The van der Waals surface area contributed by atoms with Gasteiger partial charge < -0.3 is 14.8 Å². The number of halogens is 1. The number of para-hydroxylation sites is 2. The van der Waals surface area contributed by atoms with E-state index in [1.807, 2.05) is 12.1 Å². The number of carbonyl (C=O) groups excluding carboxylic acids is 1. The van der Waals surface area contributed by atoms with Crippen LogP contribution in [0.15, 0.2) is 42.6 Å². The molecule has 104 valence electrons. The number of hydrogen-bond donors (Lipinski definition) is 1. The SMILES string of the molecule is COc1ccccc1NC(=O)COc1ccc(Cl)nc1. The molecule has 0 saturated carbocycles. The van der Waals surface area contributed by atoms with Crippen molar-refractivity contribution in [2.45, 2.75) is 0 Å². The Morgan fingerprint density at radius 2 is 2.10 bits per heavy atom. The van der Waals surface area contributed by atoms with Gasteiger partial charge in [0.25, 0.3) is 5.91 Å². The van der Waals surface area contributed by atoms with Crippen LogP contribution < -0.4 is 14.8 Å². The molecule has 0 radical (unpaired) electrons. The molecule has 0 aliphatic heterocycles. The second kappa shape index (κ2) is 6.77. The maximum absolute atomic E-state index is 11.8. The molecule has 0 fully saturated rings. The zero-order valence-electron chi connectivity index (χ0n) is 10.8. The Balaban J connectivity index is 1.91. The van der Waals surface area contributed by atoms with E-state index in [2.05, 4.69) is 10.3 Å². The van der Waals surface area contributed by atoms with Crippen LogP contribution in [0.5, 0.6) is 11.5 Å². The number of methoxy groups -OCH3 is 1. The number of anilines is 1. The van der Waals surface area contributed by atoms with E-state index in [0.29, 0.717) is 22.3 Å². The fraction of sp³-hybridized carbons (Fsp3) is 0.143. The molecular formula is C14H13ClN2O3. The van der Waals surface area contributed by atoms with E-state index in [0.717, 1.165) is 0 Å². The Bertz CT molecular complexity index is 587. The highest BCUT2D eigenvalue weighted by molar-refractivity contribution is 6.29. The minimum atomic E-state index is -0.288. The predicted octanol–water partition coefficient (Wildman–Crippen LogP) is 2.76. The minimum Gasteiger partial charge on any atom is -0.495 e. The summed E-state index contributed by atoms with van der Waals surface area (Å²) in [7, 11) is 1.54. The molecule has 0 unspecified atom stereocenters. The molecular weight excluding hydrogens is 280 g/mol. The van der Waals surface area contributed by atoms with Gasteiger partial charge in [0.15, 0.2) is 6.61 Å². The Morgan fingerprint density at radius 3 is 2.80 bits per heavy atom. The standard InChI is InChI=1S/C14H13ClN2O3/c1-19-12-5-3-2-4-11(12)17-14(18)9-20-10-6-7-13(15)16-8-10/h2-8H,9H2,1H3,(H,17,18). The Hall–Kier alpha value is -2.27. The topological polar surface area (TPSA) is 60.5 Å². The first-order chi connectivity index (χ1) is 9.69. The number of carbonyl (C=O) groups is 1. The molecule has 1 amide bonds. The molecule has 0 spiro atoms. The molecule has 1 aromatic carbocycles. The molecule has 5 nitrogen and oxygen atoms in total. The van der Waals surface area contributed by atoms with Crippen LogP contribution in [0.25, 0.3) is 0 Å². The van der Waals surface area contributed by atoms with E-state index < -0.39 is 0 Å². The Kier molecular flexibility index (Phi) is 4.79. The molecule has 1 N–H and O–H groups in total. The third kappa shape index (κ3) is 3.86. The number of nitrogens with one attached hydrogen (secondary N) is 1. The lowest BCUT2D eigenvalue weighted by molar-refractivity contribution is -0.118. The average Bonchev–Trinajstić information content (AvgIpc) is 2.47. The van der Waals surface area contributed by atoms with Crippen LogP contribution in [0.4, 0.5) is 5.69 Å². The molecule has 20 heavy (non-hydrogen) atoms. The second-order valence-electron chi connectivity index (χ2n) is 3.85. The molecule has 0 aliphatic carbocycles. The highest BCUT2D eigenvalue weighted by Gasteiger charge is 2.07. The van der Waals surface area contributed by atoms with Gasteiger partial charge in [-0.05, 0) is 24.3 Å². The average molecular weight is 293 g/mol. The van der Waals surface area contributed by atoms with Gasteiger partial charge in [0.05, 0.1) is 19.0 Å². The number of nitrogens with zero attached hydrogens (tertiary/aromatic N) is 1. The maximum atomic E-state index is 11.8. The fourth-order valence-corrected chi connectivity index (χ4v) is 1.64. The van der Waals surface area contributed by atoms with Gasteiger partial charge in [0.1, 0.15) is 16.7 Å². The smallest absolute Gasteiger partial charge is 0.262 e. The van der Waals surface area contributed by atoms with E-state index in [-0.39, 0.29) is 12.5 Å². The lowest BCUT2D eigenvalue weighted by atomic mass is 10.3. The summed E-state index contributed by atoms with van der Waals surface area (Å²) in [6.45, 7) is -0.124. The number of benzene rings is 1. The van der Waals surface area contributed by atoms with E-state index in [1.54, 1.807) is 31.4 Å². The van der Waals surface area contributed by atoms with Crippen molar-refractivity contribution in [3.63, 3.8) is 0 Å². The van der Waals surface area contributed by atoms with Crippen LogP contribution in [0.2, 0.25) is 5.15 Å². The number of amides is 1. The van der Waals surface area contributed by atoms with Crippen molar-refractivity contribution in [2.75, 3.05) is 19.0 Å². The van der Waals surface area contributed by atoms with Gasteiger partial charge in [-0.2, -0.15) is 0 Å². The first-order valence-electron chi connectivity index (χ1n) is 5.86. The van der Waals surface area contributed by atoms with E-state index in [9.17, 15) is 4.79 Å². The van der Waals surface area contributed by atoms with Crippen molar-refractivity contribution in [2.24, 2.45) is 0 Å². The van der Waals surface area contributed by atoms with Gasteiger partial charge >= 0.3 is 0 Å². The first-order valence-corrected chi connectivity index (χ1v) is 6.24. The largest absolute Gasteiger partial charge is 0.495 e. The van der Waals surface area contributed by atoms with Gasteiger partial charge in [0, 0.05) is 0 Å². The fourth-order valence-electron chi connectivity index (χ4n) is 1.53. The molecule has 1 heterocycles. The molecule has 0 aliphatic rings. The Labute approximate surface area is 121 Å². The molecule has 2 rings (SSSR count). The number of ether oxygens (including phenoxy) is 2. The van der Waals surface area contributed by atoms with Crippen molar-refractivity contribution < 1.29 is 14.3 Å². The molecule has 6 heteroatoms. The summed E-state index contributed by atoms with van der Waals surface area (Å²) in [5.41, 5.74) is 0.595. The zero-order chi connectivity index (χ0) is 14.4. The molecule has 0 bridgehead atoms. The van der Waals surface area contributed by atoms with Crippen molar-refractivity contribution in [3.8, 4) is 11.5 Å². The summed E-state index contributed by atoms with van der Waals surface area (Å²) < 4.78 is 10.4. The van der Waals surface area contributed by atoms with Crippen LogP contribution in [0.1, 0.15) is 0 Å². The van der Waals surface area contributed by atoms with E-state index in [4.69, 9.17) is 21.1 Å². The predicted molar refractivity (Wildman–Crippen MR) is 76.4 cm³/mol. The summed E-state index contributed by atoms with van der Waals surface area (Å²) >= 11 is 5.66. The van der Waals surface area contributed by atoms with Crippen molar-refractivity contribution >= 4 is 23.2 Å². The van der Waals surface area contributed by atoms with Gasteiger partial charge in [-0.25, -0.2) is 4.98 Å². The zero-order valence-corrected chi connectivity index (χ0v) is 11.6. The van der Waals surface area contributed by atoms with Gasteiger partial charge in [-0.1, -0.05) is 23.7 Å². The summed E-state index contributed by atoms with van der Waals surface area (Å²) in [6.07, 6.45) is 1.46. The first kappa shape index (κ1) is 14.1. The summed E-state index contributed by atoms with van der Waals surface area (Å²) in [4.78, 5) is 15.6. The van der Waals surface area contributed by atoms with Gasteiger partial charge in [0.2, 0.25) is 0 Å². The molecule has 0 saturated heterocycles. The summed E-state index contributed by atoms with van der Waals surface area (Å²) in [5.74, 6) is 0.781. The van der Waals surface area contributed by atoms with Crippen molar-refractivity contribution in [1.29, 1.82) is 0 Å². The van der Waals surface area contributed by atoms with Crippen LogP contribution in [0.3, 0.4) is 0 Å². The monoisotopic (exact) mass is 292 g/mol. The van der Waals surface area contributed by atoms with Crippen LogP contribution in [0, 0.1) is 0 Å². The number of rotatable bonds is 5. The minimum absolute atomic E-state index is 0.124. The number of aromatic nitrogens is 1. The molecule has 0 atom stereocenters. The quantitative estimate of drug-likeness (QED) is 0.861. The van der Waals surface area contributed by atoms with Crippen LogP contribution >= 0.6 is 11.6 Å². The highest BCUT2D eigenvalue weighted by atomic mass is 35.5. The molecule has 1 aromatic heterocycles. The van der Waals surface area contributed by atoms with Crippen molar-refractivity contribution in [3.05, 3.63) is 47.7 Å². The molecule has 2 aromatic rings. The summed E-state index contributed by atoms with van der Waals surface area (Å²) in [5, 5.41) is 3.08. The van der Waals surface area contributed by atoms with Crippen LogP contribution in [-0.2, 0) is 4.79 Å². The van der Waals surface area contributed by atoms with Gasteiger partial charge in [-0.3, -0.25) is 4.79 Å². The number of pyridine rings is 1. The maximum Gasteiger partial charge on any atom is 0.262 e. The third-order valence-electron chi connectivity index (χ3n) is 2.45. The van der Waals surface area contributed by atoms with E-state index >= 15 is 0 Å². The van der Waals surface area contributed by atoms with Crippen LogP contribution in [-0.4, -0.2) is 24.6 Å². The normalized spacial score (nSPS) is 9.90. The van der Waals surface area contributed by atoms with E-state index in [1.165, 1.54) is 6.20 Å². The second-order valence-corrected chi connectivity index (χ2v) is 4.24. The Morgan fingerprint density at radius 1 is 1.30 bits per heavy atom.